The third kappa shape index (κ3) is 3.00. The first-order valence-electron chi connectivity index (χ1n) is 6.00. The third-order valence-corrected chi connectivity index (χ3v) is 3.44. The van der Waals surface area contributed by atoms with Gasteiger partial charge in [-0.15, -0.1) is 0 Å². The van der Waals surface area contributed by atoms with Crippen LogP contribution in [-0.4, -0.2) is 35.1 Å². The minimum atomic E-state index is -0.528. The average molecular weight is 272 g/mol. The van der Waals surface area contributed by atoms with Gasteiger partial charge in [-0.2, -0.15) is 0 Å². The minimum Gasteiger partial charge on any atom is -0.393 e. The number of nitrogens with zero attached hydrogens (tertiary/aromatic N) is 1. The molecule has 1 heterocycles. The van der Waals surface area contributed by atoms with Crippen molar-refractivity contribution in [3.8, 4) is 0 Å². The lowest BCUT2D eigenvalue weighted by Crippen LogP contribution is -2.32. The maximum atomic E-state index is 13.0. The van der Waals surface area contributed by atoms with E-state index in [0.29, 0.717) is 31.5 Å². The maximum Gasteiger partial charge on any atom is 0.253 e. The Labute approximate surface area is 110 Å². The predicted molar refractivity (Wildman–Crippen MR) is 67.2 cm³/mol. The van der Waals surface area contributed by atoms with Crippen LogP contribution in [0.1, 0.15) is 29.6 Å². The van der Waals surface area contributed by atoms with Crippen molar-refractivity contribution in [2.45, 2.75) is 25.4 Å². The molecule has 0 bridgehead atoms. The van der Waals surface area contributed by atoms with Crippen LogP contribution in [0.15, 0.2) is 18.2 Å². The monoisotopic (exact) mass is 271 g/mol. The van der Waals surface area contributed by atoms with Crippen molar-refractivity contribution in [3.05, 3.63) is 34.6 Å². The number of benzene rings is 1. The van der Waals surface area contributed by atoms with E-state index in [9.17, 15) is 14.3 Å². The molecule has 1 fully saturated rings. The Morgan fingerprint density at radius 1 is 1.39 bits per heavy atom. The van der Waals surface area contributed by atoms with Crippen LogP contribution in [0.4, 0.5) is 4.39 Å². The first kappa shape index (κ1) is 13.3. The first-order chi connectivity index (χ1) is 8.58. The summed E-state index contributed by atoms with van der Waals surface area (Å²) in [5.41, 5.74) is 0.387. The number of halogens is 2. The maximum absolute atomic E-state index is 13.0. The number of carbonyl (C=O) groups is 1. The van der Waals surface area contributed by atoms with Gasteiger partial charge in [-0.25, -0.2) is 4.39 Å². The van der Waals surface area contributed by atoms with Gasteiger partial charge in [0.05, 0.1) is 11.1 Å². The summed E-state index contributed by atoms with van der Waals surface area (Å²) in [5.74, 6) is -0.689. The molecule has 0 aliphatic carbocycles. The van der Waals surface area contributed by atoms with Gasteiger partial charge in [0, 0.05) is 18.7 Å². The van der Waals surface area contributed by atoms with Crippen molar-refractivity contribution in [3.63, 3.8) is 0 Å². The number of hydrogen-bond acceptors (Lipinski definition) is 2. The summed E-state index contributed by atoms with van der Waals surface area (Å²) < 4.78 is 13.0. The standard InChI is InChI=1S/C13H15ClFNO2/c14-11-8-9(3-4-12(11)15)13(18)16-6-1-2-10(17)5-7-16/h3-4,8,10,17H,1-2,5-7H2/t10-/m0/s1. The molecule has 0 unspecified atom stereocenters. The summed E-state index contributed by atoms with van der Waals surface area (Å²) in [6.45, 7) is 1.14. The quantitative estimate of drug-likeness (QED) is 0.852. The molecule has 1 amide bonds. The van der Waals surface area contributed by atoms with Gasteiger partial charge in [0.2, 0.25) is 0 Å². The molecule has 0 saturated carbocycles. The van der Waals surface area contributed by atoms with Gasteiger partial charge in [0.15, 0.2) is 0 Å². The zero-order valence-electron chi connectivity index (χ0n) is 9.90. The average Bonchev–Trinajstić information content (AvgIpc) is 2.57. The molecule has 3 nitrogen and oxygen atoms in total. The SMILES string of the molecule is O=C(c1ccc(F)c(Cl)c1)N1CCC[C@H](O)CC1. The molecule has 2 rings (SSSR count). The number of amides is 1. The van der Waals surface area contributed by atoms with Crippen LogP contribution in [0.2, 0.25) is 5.02 Å². The van der Waals surface area contributed by atoms with Crippen molar-refractivity contribution < 1.29 is 14.3 Å². The van der Waals surface area contributed by atoms with Crippen LogP contribution >= 0.6 is 11.6 Å². The van der Waals surface area contributed by atoms with Gasteiger partial charge in [-0.3, -0.25) is 4.79 Å². The van der Waals surface area contributed by atoms with Crippen LogP contribution in [0, 0.1) is 5.82 Å². The lowest BCUT2D eigenvalue weighted by Gasteiger charge is -2.20. The fourth-order valence-corrected chi connectivity index (χ4v) is 2.27. The van der Waals surface area contributed by atoms with E-state index in [2.05, 4.69) is 0 Å². The van der Waals surface area contributed by atoms with E-state index in [4.69, 9.17) is 11.6 Å². The van der Waals surface area contributed by atoms with Gasteiger partial charge in [-0.1, -0.05) is 11.6 Å². The Bertz CT molecular complexity index is 453. The van der Waals surface area contributed by atoms with Crippen LogP contribution in [0.25, 0.3) is 0 Å². The van der Waals surface area contributed by atoms with Gasteiger partial charge in [0.25, 0.3) is 5.91 Å². The third-order valence-electron chi connectivity index (χ3n) is 3.15. The van der Waals surface area contributed by atoms with E-state index in [1.54, 1.807) is 4.90 Å². The highest BCUT2D eigenvalue weighted by Gasteiger charge is 2.20. The molecule has 1 N–H and O–H groups in total. The fourth-order valence-electron chi connectivity index (χ4n) is 2.09. The molecule has 0 spiro atoms. The fraction of sp³-hybridized carbons (Fsp3) is 0.462. The first-order valence-corrected chi connectivity index (χ1v) is 6.38. The van der Waals surface area contributed by atoms with E-state index in [1.807, 2.05) is 0 Å². The highest BCUT2D eigenvalue weighted by molar-refractivity contribution is 6.31. The lowest BCUT2D eigenvalue weighted by molar-refractivity contribution is 0.0753. The molecule has 1 saturated heterocycles. The molecule has 1 aromatic carbocycles. The molecule has 1 aliphatic heterocycles. The van der Waals surface area contributed by atoms with Crippen molar-refractivity contribution in [1.82, 2.24) is 4.90 Å². The van der Waals surface area contributed by atoms with E-state index in [0.717, 1.165) is 6.42 Å². The molecule has 1 atom stereocenters. The molecule has 1 aliphatic rings. The van der Waals surface area contributed by atoms with Gasteiger partial charge >= 0.3 is 0 Å². The summed E-state index contributed by atoms with van der Waals surface area (Å²) in [5, 5.41) is 9.49. The summed E-state index contributed by atoms with van der Waals surface area (Å²) in [4.78, 5) is 13.9. The molecular formula is C13H15ClFNO2. The number of hydrogen-bond donors (Lipinski definition) is 1. The normalized spacial score (nSPS) is 20.6. The number of aliphatic hydroxyl groups excluding tert-OH is 1. The smallest absolute Gasteiger partial charge is 0.253 e. The summed E-state index contributed by atoms with van der Waals surface area (Å²) in [6.07, 6.45) is 1.75. The molecule has 18 heavy (non-hydrogen) atoms. The largest absolute Gasteiger partial charge is 0.393 e. The predicted octanol–water partition coefficient (Wildman–Crippen LogP) is 2.47. The van der Waals surface area contributed by atoms with E-state index in [-0.39, 0.29) is 17.0 Å². The number of carbonyl (C=O) groups excluding carboxylic acids is 1. The Morgan fingerprint density at radius 2 is 2.17 bits per heavy atom. The second-order valence-electron chi connectivity index (χ2n) is 4.51. The topological polar surface area (TPSA) is 40.5 Å². The lowest BCUT2D eigenvalue weighted by atomic mass is 10.2. The number of aliphatic hydroxyl groups is 1. The second-order valence-corrected chi connectivity index (χ2v) is 4.91. The molecule has 98 valence electrons. The molecule has 5 heteroatoms. The molecular weight excluding hydrogens is 257 g/mol. The molecule has 1 aromatic rings. The van der Waals surface area contributed by atoms with E-state index in [1.165, 1.54) is 18.2 Å². The molecule has 0 radical (unpaired) electrons. The number of likely N-dealkylation sites (tertiary alicyclic amines) is 1. The van der Waals surface area contributed by atoms with Gasteiger partial charge < -0.3 is 10.0 Å². The van der Waals surface area contributed by atoms with Crippen molar-refractivity contribution >= 4 is 17.5 Å². The molecule has 0 aromatic heterocycles. The highest BCUT2D eigenvalue weighted by atomic mass is 35.5. The van der Waals surface area contributed by atoms with Crippen molar-refractivity contribution in [2.75, 3.05) is 13.1 Å². The van der Waals surface area contributed by atoms with Crippen molar-refractivity contribution in [2.24, 2.45) is 0 Å². The van der Waals surface area contributed by atoms with Crippen molar-refractivity contribution in [1.29, 1.82) is 0 Å². The second kappa shape index (κ2) is 5.67. The minimum absolute atomic E-state index is 0.0456. The van der Waals surface area contributed by atoms with Crippen LogP contribution in [-0.2, 0) is 0 Å². The van der Waals surface area contributed by atoms with Crippen LogP contribution in [0.5, 0.6) is 0 Å². The zero-order valence-corrected chi connectivity index (χ0v) is 10.7. The van der Waals surface area contributed by atoms with Gasteiger partial charge in [0.1, 0.15) is 5.82 Å². The van der Waals surface area contributed by atoms with Crippen LogP contribution < -0.4 is 0 Å². The van der Waals surface area contributed by atoms with Crippen LogP contribution in [0.3, 0.4) is 0 Å². The summed E-state index contributed by atoms with van der Waals surface area (Å²) >= 11 is 5.67. The van der Waals surface area contributed by atoms with Gasteiger partial charge in [-0.05, 0) is 37.5 Å². The van der Waals surface area contributed by atoms with E-state index < -0.39 is 5.82 Å². The highest BCUT2D eigenvalue weighted by Crippen LogP contribution is 2.19. The summed E-state index contributed by atoms with van der Waals surface area (Å²) in [7, 11) is 0. The Hall–Kier alpha value is -1.13. The Morgan fingerprint density at radius 3 is 2.89 bits per heavy atom. The van der Waals surface area contributed by atoms with E-state index >= 15 is 0 Å². The summed E-state index contributed by atoms with van der Waals surface area (Å²) in [6, 6.07) is 3.98. The Balaban J connectivity index is 2.12. The number of rotatable bonds is 1. The Kier molecular flexibility index (Phi) is 4.19. The zero-order chi connectivity index (χ0) is 13.1.